The number of hydrogen-bond acceptors (Lipinski definition) is 4. The summed E-state index contributed by atoms with van der Waals surface area (Å²) in [5, 5.41) is 9.28. The van der Waals surface area contributed by atoms with Gasteiger partial charge in [0.25, 0.3) is 0 Å². The van der Waals surface area contributed by atoms with Gasteiger partial charge in [0.05, 0.1) is 25.9 Å². The number of ether oxygens (including phenoxy) is 1. The highest BCUT2D eigenvalue weighted by molar-refractivity contribution is 7.99. The fraction of sp³-hybridized carbons (Fsp3) is 0.571. The van der Waals surface area contributed by atoms with Gasteiger partial charge in [0.2, 0.25) is 0 Å². The molecule has 1 atom stereocenters. The third kappa shape index (κ3) is 3.99. The normalized spacial score (nSPS) is 21.1. The molecular formula is C14H21NO2S. The number of aliphatic hydroxyl groups is 1. The Balaban J connectivity index is 1.75. The number of hydrogen-bond donors (Lipinski definition) is 1. The smallest absolute Gasteiger partial charge is 0.0644 e. The van der Waals surface area contributed by atoms with Crippen LogP contribution < -0.4 is 0 Å². The standard InChI is InChI=1S/C14H21NO2S/c1-12-2-4-14(5-3-12)18-9-7-15-6-8-17-11-13(15)10-16/h2-5,13,16H,6-11H2,1H3. The average Bonchev–Trinajstić information content (AvgIpc) is 2.41. The van der Waals surface area contributed by atoms with Crippen LogP contribution in [0, 0.1) is 6.92 Å². The van der Waals surface area contributed by atoms with Gasteiger partial charge in [0.1, 0.15) is 0 Å². The van der Waals surface area contributed by atoms with Gasteiger partial charge in [0, 0.05) is 23.7 Å². The summed E-state index contributed by atoms with van der Waals surface area (Å²) < 4.78 is 5.37. The largest absolute Gasteiger partial charge is 0.395 e. The monoisotopic (exact) mass is 267 g/mol. The topological polar surface area (TPSA) is 32.7 Å². The molecule has 0 spiro atoms. The molecule has 18 heavy (non-hydrogen) atoms. The SMILES string of the molecule is Cc1ccc(SCCN2CCOCC2CO)cc1. The third-order valence-electron chi connectivity index (χ3n) is 3.23. The van der Waals surface area contributed by atoms with Crippen LogP contribution >= 0.6 is 11.8 Å². The Bertz CT molecular complexity index is 355. The van der Waals surface area contributed by atoms with Gasteiger partial charge < -0.3 is 9.84 Å². The number of nitrogens with zero attached hydrogens (tertiary/aromatic N) is 1. The second kappa shape index (κ2) is 7.14. The summed E-state index contributed by atoms with van der Waals surface area (Å²) in [6.45, 7) is 5.67. The first kappa shape index (κ1) is 13.9. The van der Waals surface area contributed by atoms with Crippen LogP contribution in [0.25, 0.3) is 0 Å². The van der Waals surface area contributed by atoms with E-state index in [1.807, 2.05) is 11.8 Å². The Morgan fingerprint density at radius 1 is 1.39 bits per heavy atom. The zero-order valence-corrected chi connectivity index (χ0v) is 11.7. The van der Waals surface area contributed by atoms with E-state index >= 15 is 0 Å². The first-order chi connectivity index (χ1) is 8.79. The molecule has 0 bridgehead atoms. The van der Waals surface area contributed by atoms with E-state index in [2.05, 4.69) is 36.1 Å². The summed E-state index contributed by atoms with van der Waals surface area (Å²) in [4.78, 5) is 3.64. The zero-order valence-electron chi connectivity index (χ0n) is 10.8. The maximum atomic E-state index is 9.28. The molecule has 1 N–H and O–H groups in total. The van der Waals surface area contributed by atoms with Crippen LogP contribution in [-0.2, 0) is 4.74 Å². The van der Waals surface area contributed by atoms with Crippen LogP contribution in [0.2, 0.25) is 0 Å². The van der Waals surface area contributed by atoms with Crippen LogP contribution in [0.15, 0.2) is 29.2 Å². The molecule has 1 aliphatic heterocycles. The molecule has 1 saturated heterocycles. The minimum atomic E-state index is 0.178. The van der Waals surface area contributed by atoms with Gasteiger partial charge in [-0.3, -0.25) is 4.90 Å². The lowest BCUT2D eigenvalue weighted by Crippen LogP contribution is -2.48. The maximum absolute atomic E-state index is 9.28. The summed E-state index contributed by atoms with van der Waals surface area (Å²) >= 11 is 1.87. The summed E-state index contributed by atoms with van der Waals surface area (Å²) in [5.74, 6) is 1.06. The molecule has 1 aromatic rings. The highest BCUT2D eigenvalue weighted by atomic mass is 32.2. The number of morpholine rings is 1. The Morgan fingerprint density at radius 3 is 2.89 bits per heavy atom. The van der Waals surface area contributed by atoms with E-state index in [1.165, 1.54) is 10.5 Å². The van der Waals surface area contributed by atoms with E-state index in [-0.39, 0.29) is 12.6 Å². The van der Waals surface area contributed by atoms with Crippen LogP contribution in [-0.4, -0.2) is 54.7 Å². The molecule has 0 radical (unpaired) electrons. The Morgan fingerprint density at radius 2 is 2.17 bits per heavy atom. The number of aryl methyl sites for hydroxylation is 1. The van der Waals surface area contributed by atoms with Crippen LogP contribution in [0.3, 0.4) is 0 Å². The van der Waals surface area contributed by atoms with Crippen molar-refractivity contribution in [2.24, 2.45) is 0 Å². The lowest BCUT2D eigenvalue weighted by Gasteiger charge is -2.34. The van der Waals surface area contributed by atoms with Crippen molar-refractivity contribution in [3.63, 3.8) is 0 Å². The number of rotatable bonds is 5. The molecule has 1 unspecified atom stereocenters. The number of aliphatic hydroxyl groups excluding tert-OH is 1. The highest BCUT2D eigenvalue weighted by Crippen LogP contribution is 2.19. The van der Waals surface area contributed by atoms with Crippen LogP contribution in [0.1, 0.15) is 5.56 Å². The van der Waals surface area contributed by atoms with E-state index in [0.717, 1.165) is 25.4 Å². The molecule has 2 rings (SSSR count). The van der Waals surface area contributed by atoms with Crippen LogP contribution in [0.4, 0.5) is 0 Å². The zero-order chi connectivity index (χ0) is 12.8. The minimum absolute atomic E-state index is 0.178. The first-order valence-corrected chi connectivity index (χ1v) is 7.40. The second-order valence-corrected chi connectivity index (χ2v) is 5.78. The van der Waals surface area contributed by atoms with E-state index in [4.69, 9.17) is 4.74 Å². The maximum Gasteiger partial charge on any atom is 0.0644 e. The molecule has 100 valence electrons. The van der Waals surface area contributed by atoms with Crippen molar-refractivity contribution < 1.29 is 9.84 Å². The van der Waals surface area contributed by atoms with Crippen molar-refractivity contribution >= 4 is 11.8 Å². The summed E-state index contributed by atoms with van der Waals surface area (Å²) in [5.41, 5.74) is 1.30. The van der Waals surface area contributed by atoms with Gasteiger partial charge in [0.15, 0.2) is 0 Å². The fourth-order valence-corrected chi connectivity index (χ4v) is 2.96. The van der Waals surface area contributed by atoms with Gasteiger partial charge in [-0.2, -0.15) is 0 Å². The number of benzene rings is 1. The molecule has 1 aromatic carbocycles. The van der Waals surface area contributed by atoms with Crippen molar-refractivity contribution in [1.82, 2.24) is 4.90 Å². The first-order valence-electron chi connectivity index (χ1n) is 6.41. The van der Waals surface area contributed by atoms with Gasteiger partial charge in [-0.1, -0.05) is 17.7 Å². The average molecular weight is 267 g/mol. The molecular weight excluding hydrogens is 246 g/mol. The van der Waals surface area contributed by atoms with Crippen molar-refractivity contribution in [2.45, 2.75) is 17.9 Å². The molecule has 1 heterocycles. The van der Waals surface area contributed by atoms with Crippen LogP contribution in [0.5, 0.6) is 0 Å². The predicted molar refractivity (Wildman–Crippen MR) is 75.2 cm³/mol. The van der Waals surface area contributed by atoms with Crippen molar-refractivity contribution in [1.29, 1.82) is 0 Å². The van der Waals surface area contributed by atoms with Crippen molar-refractivity contribution in [3.8, 4) is 0 Å². The molecule has 0 amide bonds. The summed E-state index contributed by atoms with van der Waals surface area (Å²) in [7, 11) is 0. The molecule has 0 saturated carbocycles. The predicted octanol–water partition coefficient (Wildman–Crippen LogP) is 1.78. The minimum Gasteiger partial charge on any atom is -0.395 e. The van der Waals surface area contributed by atoms with Gasteiger partial charge in [-0.25, -0.2) is 0 Å². The van der Waals surface area contributed by atoms with Crippen molar-refractivity contribution in [2.75, 3.05) is 38.7 Å². The van der Waals surface area contributed by atoms with E-state index in [9.17, 15) is 5.11 Å². The lowest BCUT2D eigenvalue weighted by molar-refractivity contribution is -0.0243. The Hall–Kier alpha value is -0.550. The quantitative estimate of drug-likeness (QED) is 0.824. The molecule has 3 nitrogen and oxygen atoms in total. The molecule has 1 aliphatic rings. The van der Waals surface area contributed by atoms with E-state index in [0.29, 0.717) is 6.61 Å². The van der Waals surface area contributed by atoms with Gasteiger partial charge in [-0.05, 0) is 19.1 Å². The lowest BCUT2D eigenvalue weighted by atomic mass is 10.2. The Labute approximate surface area is 113 Å². The van der Waals surface area contributed by atoms with E-state index in [1.54, 1.807) is 0 Å². The van der Waals surface area contributed by atoms with Gasteiger partial charge >= 0.3 is 0 Å². The third-order valence-corrected chi connectivity index (χ3v) is 4.22. The summed E-state index contributed by atoms with van der Waals surface area (Å²) in [6, 6.07) is 8.81. The van der Waals surface area contributed by atoms with Gasteiger partial charge in [-0.15, -0.1) is 11.8 Å². The van der Waals surface area contributed by atoms with E-state index < -0.39 is 0 Å². The number of thioether (sulfide) groups is 1. The summed E-state index contributed by atoms with van der Waals surface area (Å²) in [6.07, 6.45) is 0. The second-order valence-electron chi connectivity index (χ2n) is 4.61. The fourth-order valence-electron chi connectivity index (χ4n) is 2.07. The Kier molecular flexibility index (Phi) is 5.50. The molecule has 4 heteroatoms. The molecule has 1 fully saturated rings. The van der Waals surface area contributed by atoms with Crippen molar-refractivity contribution in [3.05, 3.63) is 29.8 Å². The molecule has 0 aromatic heterocycles. The highest BCUT2D eigenvalue weighted by Gasteiger charge is 2.21. The molecule has 0 aliphatic carbocycles.